The molecule has 3 aromatic rings. The maximum absolute atomic E-state index is 12.0. The van der Waals surface area contributed by atoms with Crippen LogP contribution in [0, 0.1) is 19.3 Å². The van der Waals surface area contributed by atoms with Crippen molar-refractivity contribution in [3.05, 3.63) is 89.0 Å². The molecule has 0 saturated carbocycles. The highest BCUT2D eigenvalue weighted by atomic mass is 16.5. The third-order valence-electron chi connectivity index (χ3n) is 8.74. The Morgan fingerprint density at radius 2 is 1.43 bits per heavy atom. The van der Waals surface area contributed by atoms with E-state index >= 15 is 0 Å². The van der Waals surface area contributed by atoms with E-state index in [-0.39, 0.29) is 25.8 Å². The number of hydrogen-bond acceptors (Lipinski definition) is 6. The van der Waals surface area contributed by atoms with E-state index in [9.17, 15) is 15.0 Å². The van der Waals surface area contributed by atoms with Crippen LogP contribution in [0.2, 0.25) is 0 Å². The van der Waals surface area contributed by atoms with Crippen molar-refractivity contribution in [2.24, 2.45) is 5.41 Å². The van der Waals surface area contributed by atoms with E-state index < -0.39 is 5.41 Å². The second kappa shape index (κ2) is 18.6. The van der Waals surface area contributed by atoms with Crippen LogP contribution >= 0.6 is 0 Å². The van der Waals surface area contributed by atoms with E-state index in [0.717, 1.165) is 60.1 Å². The largest absolute Gasteiger partial charge is 0.493 e. The lowest BCUT2D eigenvalue weighted by Gasteiger charge is -2.30. The van der Waals surface area contributed by atoms with Gasteiger partial charge in [-0.3, -0.25) is 0 Å². The van der Waals surface area contributed by atoms with Crippen LogP contribution in [0.15, 0.2) is 66.7 Å². The third kappa shape index (κ3) is 10.5. The number of carbonyl (C=O) groups excluding carboxylic acids is 1. The molecule has 250 valence electrons. The zero-order valence-electron chi connectivity index (χ0n) is 28.6. The molecule has 0 atom stereocenters. The van der Waals surface area contributed by atoms with E-state index in [1.807, 2.05) is 0 Å². The summed E-state index contributed by atoms with van der Waals surface area (Å²) >= 11 is 0. The van der Waals surface area contributed by atoms with Crippen molar-refractivity contribution in [1.82, 2.24) is 0 Å². The number of rotatable bonds is 20. The first-order valence-corrected chi connectivity index (χ1v) is 16.7. The Labute approximate surface area is 276 Å². The molecule has 0 amide bonds. The second-order valence-electron chi connectivity index (χ2n) is 12.7. The fourth-order valence-electron chi connectivity index (χ4n) is 5.75. The molecule has 6 heteroatoms. The van der Waals surface area contributed by atoms with Crippen LogP contribution in [0.1, 0.15) is 74.6 Å². The van der Waals surface area contributed by atoms with Gasteiger partial charge in [0, 0.05) is 24.7 Å². The fraction of sp³-hybridized carbons (Fsp3) is 0.475. The average molecular weight is 631 g/mol. The lowest BCUT2D eigenvalue weighted by molar-refractivity contribution is -0.139. The molecular weight excluding hydrogens is 576 g/mol. The van der Waals surface area contributed by atoms with Crippen molar-refractivity contribution >= 4 is 5.97 Å². The number of benzene rings is 3. The Bertz CT molecular complexity index is 1400. The third-order valence-corrected chi connectivity index (χ3v) is 8.74. The number of carbonyl (C=O) groups is 1. The molecule has 3 rings (SSSR count). The van der Waals surface area contributed by atoms with Crippen molar-refractivity contribution in [2.75, 3.05) is 40.1 Å². The molecule has 2 N–H and O–H groups in total. The summed E-state index contributed by atoms with van der Waals surface area (Å²) in [5, 5.41) is 20.4. The first-order chi connectivity index (χ1) is 22.2. The SMILES string of the molecule is C=C(C)C(=O)OCCCc1cc(-c2ccc(-c3ccc(C)cc3)cc2C)cc(CCCOC)c1OCCC(CO)(CO)CCCC. The monoisotopic (exact) mass is 630 g/mol. The van der Waals surface area contributed by atoms with Gasteiger partial charge < -0.3 is 24.4 Å². The highest BCUT2D eigenvalue weighted by molar-refractivity contribution is 5.86. The maximum atomic E-state index is 12.0. The Morgan fingerprint density at radius 3 is 2.00 bits per heavy atom. The van der Waals surface area contributed by atoms with Crippen molar-refractivity contribution in [3.8, 4) is 28.0 Å². The fourth-order valence-corrected chi connectivity index (χ4v) is 5.75. The van der Waals surface area contributed by atoms with E-state index in [1.54, 1.807) is 14.0 Å². The van der Waals surface area contributed by atoms with Gasteiger partial charge in [-0.2, -0.15) is 0 Å². The minimum atomic E-state index is -0.570. The molecule has 0 fully saturated rings. The molecular formula is C40H54O6. The molecule has 0 bridgehead atoms. The van der Waals surface area contributed by atoms with Crippen LogP contribution in [0.25, 0.3) is 22.3 Å². The van der Waals surface area contributed by atoms with Gasteiger partial charge in [0.15, 0.2) is 0 Å². The van der Waals surface area contributed by atoms with Crippen LogP contribution in [0.3, 0.4) is 0 Å². The van der Waals surface area contributed by atoms with Gasteiger partial charge in [0.1, 0.15) is 5.75 Å². The van der Waals surface area contributed by atoms with Crippen molar-refractivity contribution in [1.29, 1.82) is 0 Å². The normalized spacial score (nSPS) is 11.5. The number of ether oxygens (including phenoxy) is 3. The molecule has 0 aromatic heterocycles. The summed E-state index contributed by atoms with van der Waals surface area (Å²) in [6, 6.07) is 19.6. The van der Waals surface area contributed by atoms with Crippen molar-refractivity contribution in [3.63, 3.8) is 0 Å². The molecule has 0 aliphatic carbocycles. The number of methoxy groups -OCH3 is 1. The zero-order chi connectivity index (χ0) is 33.5. The lowest BCUT2D eigenvalue weighted by atomic mass is 9.81. The van der Waals surface area contributed by atoms with Gasteiger partial charge in [-0.1, -0.05) is 74.4 Å². The summed E-state index contributed by atoms with van der Waals surface area (Å²) in [4.78, 5) is 12.0. The predicted octanol–water partition coefficient (Wildman–Crippen LogP) is 8.20. The molecule has 0 unspecified atom stereocenters. The van der Waals surface area contributed by atoms with Crippen molar-refractivity contribution < 1.29 is 29.2 Å². The summed E-state index contributed by atoms with van der Waals surface area (Å²) in [5.41, 5.74) is 9.02. The number of aryl methyl sites for hydroxylation is 4. The summed E-state index contributed by atoms with van der Waals surface area (Å²) in [6.07, 6.45) is 6.14. The molecule has 46 heavy (non-hydrogen) atoms. The predicted molar refractivity (Wildman–Crippen MR) is 187 cm³/mol. The number of aliphatic hydroxyl groups is 2. The van der Waals surface area contributed by atoms with Crippen LogP contribution in [-0.2, 0) is 27.1 Å². The van der Waals surface area contributed by atoms with Crippen LogP contribution in [-0.4, -0.2) is 56.3 Å². The Balaban J connectivity index is 2.00. The lowest BCUT2D eigenvalue weighted by Crippen LogP contribution is -2.32. The van der Waals surface area contributed by atoms with E-state index in [2.05, 4.69) is 81.9 Å². The van der Waals surface area contributed by atoms with Crippen LogP contribution < -0.4 is 4.74 Å². The number of aliphatic hydroxyl groups excluding tert-OH is 2. The molecule has 0 aliphatic heterocycles. The van der Waals surface area contributed by atoms with Gasteiger partial charge in [-0.05, 0) is 110 Å². The maximum Gasteiger partial charge on any atom is 0.333 e. The van der Waals surface area contributed by atoms with Crippen LogP contribution in [0.5, 0.6) is 5.75 Å². The highest BCUT2D eigenvalue weighted by Gasteiger charge is 2.28. The van der Waals surface area contributed by atoms with E-state index in [0.29, 0.717) is 38.0 Å². The van der Waals surface area contributed by atoms with E-state index in [1.165, 1.54) is 22.3 Å². The summed E-state index contributed by atoms with van der Waals surface area (Å²) in [6.45, 7) is 12.8. The summed E-state index contributed by atoms with van der Waals surface area (Å²) in [5.74, 6) is 0.450. The quantitative estimate of drug-likeness (QED) is 0.0744. The minimum absolute atomic E-state index is 0.0781. The van der Waals surface area contributed by atoms with Gasteiger partial charge >= 0.3 is 5.97 Å². The first-order valence-electron chi connectivity index (χ1n) is 16.7. The smallest absolute Gasteiger partial charge is 0.333 e. The van der Waals surface area contributed by atoms with Gasteiger partial charge in [0.2, 0.25) is 0 Å². The molecule has 3 aromatic carbocycles. The molecule has 0 heterocycles. The first kappa shape index (κ1) is 37.0. The number of hydrogen-bond donors (Lipinski definition) is 2. The Morgan fingerprint density at radius 1 is 0.804 bits per heavy atom. The number of esters is 1. The summed E-state index contributed by atoms with van der Waals surface area (Å²) in [7, 11) is 1.71. The average Bonchev–Trinajstić information content (AvgIpc) is 3.05. The van der Waals surface area contributed by atoms with E-state index in [4.69, 9.17) is 14.2 Å². The van der Waals surface area contributed by atoms with Crippen LogP contribution in [0.4, 0.5) is 0 Å². The van der Waals surface area contributed by atoms with Crippen molar-refractivity contribution in [2.45, 2.75) is 79.1 Å². The molecule has 0 saturated heterocycles. The Kier molecular flexibility index (Phi) is 15.0. The molecule has 6 nitrogen and oxygen atoms in total. The minimum Gasteiger partial charge on any atom is -0.493 e. The van der Waals surface area contributed by atoms with Gasteiger partial charge in [-0.15, -0.1) is 0 Å². The zero-order valence-corrected chi connectivity index (χ0v) is 28.6. The van der Waals surface area contributed by atoms with Gasteiger partial charge in [0.05, 0.1) is 26.4 Å². The van der Waals surface area contributed by atoms with Gasteiger partial charge in [-0.25, -0.2) is 4.79 Å². The Hall–Kier alpha value is -3.45. The molecule has 0 radical (unpaired) electrons. The van der Waals surface area contributed by atoms with Gasteiger partial charge in [0.25, 0.3) is 0 Å². The topological polar surface area (TPSA) is 85.2 Å². The highest BCUT2D eigenvalue weighted by Crippen LogP contribution is 2.37. The molecule has 0 spiro atoms. The number of unbranched alkanes of at least 4 members (excludes halogenated alkanes) is 1. The molecule has 0 aliphatic rings. The second-order valence-corrected chi connectivity index (χ2v) is 12.7. The standard InChI is InChI=1S/C40H54O6/c1-7-8-19-40(27-41,28-42)20-23-45-38-34(11-9-21-44-6)25-36(26-35(38)12-10-22-46-39(43)29(2)3)37-18-17-33(24-31(37)5)32-15-13-30(4)14-16-32/h13-18,24-26,41-42H,2,7-12,19-23,27-28H2,1,3-6H3. The summed E-state index contributed by atoms with van der Waals surface area (Å²) < 4.78 is 17.4.